The van der Waals surface area contributed by atoms with Gasteiger partial charge < -0.3 is 11.1 Å². The summed E-state index contributed by atoms with van der Waals surface area (Å²) in [6, 6.07) is 17.0. The number of nitrogens with one attached hydrogen (secondary N) is 1. The molecule has 2 atom stereocenters. The highest BCUT2D eigenvalue weighted by Gasteiger charge is 2.31. The van der Waals surface area contributed by atoms with Gasteiger partial charge in [-0.25, -0.2) is 0 Å². The molecule has 1 amide bonds. The highest BCUT2D eigenvalue weighted by molar-refractivity contribution is 5.97. The van der Waals surface area contributed by atoms with Crippen LogP contribution in [0.5, 0.6) is 0 Å². The number of carbonyl (C=O) groups excluding carboxylic acids is 1. The second-order valence-electron chi connectivity index (χ2n) is 4.47. The largest absolute Gasteiger partial charge is 0.343 e. The van der Waals surface area contributed by atoms with Crippen molar-refractivity contribution in [3.63, 3.8) is 0 Å². The third kappa shape index (κ3) is 1.69. The number of amides is 1. The van der Waals surface area contributed by atoms with Crippen molar-refractivity contribution < 1.29 is 4.79 Å². The standard InChI is InChI=1S/C15H14N2O/c16-13-11-8-4-5-9-12(11)15(18)17-14(13)10-6-2-1-3-7-10/h1-9,13-14H,16H2,(H,17,18). The Morgan fingerprint density at radius 2 is 1.61 bits per heavy atom. The van der Waals surface area contributed by atoms with Gasteiger partial charge >= 0.3 is 0 Å². The zero-order chi connectivity index (χ0) is 12.5. The molecule has 1 aliphatic rings. The molecule has 3 N–H and O–H groups in total. The fourth-order valence-electron chi connectivity index (χ4n) is 2.43. The summed E-state index contributed by atoms with van der Waals surface area (Å²) >= 11 is 0. The van der Waals surface area contributed by atoms with Crippen LogP contribution in [0.2, 0.25) is 0 Å². The van der Waals surface area contributed by atoms with E-state index in [0.717, 1.165) is 11.1 Å². The molecule has 2 aromatic carbocycles. The molecule has 18 heavy (non-hydrogen) atoms. The van der Waals surface area contributed by atoms with E-state index in [0.29, 0.717) is 5.56 Å². The van der Waals surface area contributed by atoms with Crippen LogP contribution >= 0.6 is 0 Å². The molecule has 0 aromatic heterocycles. The first-order valence-corrected chi connectivity index (χ1v) is 5.97. The van der Waals surface area contributed by atoms with E-state index in [9.17, 15) is 4.79 Å². The van der Waals surface area contributed by atoms with E-state index in [1.165, 1.54) is 0 Å². The van der Waals surface area contributed by atoms with Gasteiger partial charge in [-0.2, -0.15) is 0 Å². The molecular formula is C15H14N2O. The number of rotatable bonds is 1. The molecule has 0 aliphatic carbocycles. The van der Waals surface area contributed by atoms with Gasteiger partial charge in [-0.3, -0.25) is 4.79 Å². The molecule has 3 heteroatoms. The van der Waals surface area contributed by atoms with Crippen LogP contribution in [0.4, 0.5) is 0 Å². The molecule has 0 fully saturated rings. The van der Waals surface area contributed by atoms with Gasteiger partial charge in [0.15, 0.2) is 0 Å². The van der Waals surface area contributed by atoms with Gasteiger partial charge in [0.05, 0.1) is 12.1 Å². The van der Waals surface area contributed by atoms with Crippen LogP contribution < -0.4 is 11.1 Å². The normalized spacial score (nSPS) is 22.2. The van der Waals surface area contributed by atoms with Crippen LogP contribution in [0.1, 0.15) is 33.6 Å². The van der Waals surface area contributed by atoms with Crippen LogP contribution in [0.3, 0.4) is 0 Å². The van der Waals surface area contributed by atoms with Gasteiger partial charge in [0.2, 0.25) is 0 Å². The molecule has 1 heterocycles. The van der Waals surface area contributed by atoms with E-state index in [1.54, 1.807) is 0 Å². The Morgan fingerprint density at radius 3 is 2.39 bits per heavy atom. The fraction of sp³-hybridized carbons (Fsp3) is 0.133. The minimum absolute atomic E-state index is 0.0545. The molecule has 90 valence electrons. The van der Waals surface area contributed by atoms with E-state index in [1.807, 2.05) is 54.6 Å². The maximum absolute atomic E-state index is 12.0. The van der Waals surface area contributed by atoms with Crippen molar-refractivity contribution in [2.75, 3.05) is 0 Å². The molecular weight excluding hydrogens is 224 g/mol. The monoisotopic (exact) mass is 238 g/mol. The van der Waals surface area contributed by atoms with Gasteiger partial charge in [0.1, 0.15) is 0 Å². The van der Waals surface area contributed by atoms with Gasteiger partial charge in [-0.1, -0.05) is 48.5 Å². The van der Waals surface area contributed by atoms with Gasteiger partial charge in [0, 0.05) is 5.56 Å². The van der Waals surface area contributed by atoms with E-state index in [2.05, 4.69) is 5.32 Å². The summed E-state index contributed by atoms with van der Waals surface area (Å²) in [5.74, 6) is -0.0545. The molecule has 3 rings (SSSR count). The third-order valence-electron chi connectivity index (χ3n) is 3.37. The Balaban J connectivity index is 2.05. The molecule has 0 radical (unpaired) electrons. The van der Waals surface area contributed by atoms with Crippen LogP contribution in [-0.4, -0.2) is 5.91 Å². The number of fused-ring (bicyclic) bond motifs is 1. The van der Waals surface area contributed by atoms with Crippen molar-refractivity contribution in [1.82, 2.24) is 5.32 Å². The second kappa shape index (κ2) is 4.27. The Labute approximate surface area is 106 Å². The lowest BCUT2D eigenvalue weighted by Gasteiger charge is -2.31. The quantitative estimate of drug-likeness (QED) is 0.800. The SMILES string of the molecule is NC1c2ccccc2C(=O)NC1c1ccccc1. The molecule has 1 aliphatic heterocycles. The zero-order valence-corrected chi connectivity index (χ0v) is 9.84. The summed E-state index contributed by atoms with van der Waals surface area (Å²) in [6.45, 7) is 0. The van der Waals surface area contributed by atoms with Crippen molar-refractivity contribution in [3.05, 3.63) is 71.3 Å². The molecule has 0 saturated heterocycles. The Kier molecular flexibility index (Phi) is 2.61. The molecule has 2 aromatic rings. The fourth-order valence-corrected chi connectivity index (χ4v) is 2.43. The Morgan fingerprint density at radius 1 is 0.944 bits per heavy atom. The zero-order valence-electron chi connectivity index (χ0n) is 9.84. The molecule has 3 nitrogen and oxygen atoms in total. The summed E-state index contributed by atoms with van der Waals surface area (Å²) in [4.78, 5) is 12.0. The number of hydrogen-bond donors (Lipinski definition) is 2. The van der Waals surface area contributed by atoms with E-state index < -0.39 is 0 Å². The van der Waals surface area contributed by atoms with E-state index in [4.69, 9.17) is 5.73 Å². The predicted octanol–water partition coefficient (Wildman–Crippen LogP) is 2.17. The first-order chi connectivity index (χ1) is 8.77. The van der Waals surface area contributed by atoms with Crippen LogP contribution in [-0.2, 0) is 0 Å². The summed E-state index contributed by atoms with van der Waals surface area (Å²) in [5, 5.41) is 2.97. The van der Waals surface area contributed by atoms with E-state index in [-0.39, 0.29) is 18.0 Å². The first-order valence-electron chi connectivity index (χ1n) is 5.97. The smallest absolute Gasteiger partial charge is 0.252 e. The minimum Gasteiger partial charge on any atom is -0.343 e. The van der Waals surface area contributed by atoms with Crippen molar-refractivity contribution in [1.29, 1.82) is 0 Å². The summed E-state index contributed by atoms with van der Waals surface area (Å²) in [7, 11) is 0. The average Bonchev–Trinajstić information content (AvgIpc) is 2.44. The van der Waals surface area contributed by atoms with E-state index >= 15 is 0 Å². The molecule has 0 spiro atoms. The molecule has 2 unspecified atom stereocenters. The predicted molar refractivity (Wildman–Crippen MR) is 70.0 cm³/mol. The van der Waals surface area contributed by atoms with Crippen LogP contribution in [0.15, 0.2) is 54.6 Å². The van der Waals surface area contributed by atoms with Crippen LogP contribution in [0.25, 0.3) is 0 Å². The topological polar surface area (TPSA) is 55.1 Å². The summed E-state index contributed by atoms with van der Waals surface area (Å²) in [6.07, 6.45) is 0. The number of hydrogen-bond acceptors (Lipinski definition) is 2. The summed E-state index contributed by atoms with van der Waals surface area (Å²) < 4.78 is 0. The highest BCUT2D eigenvalue weighted by Crippen LogP contribution is 2.32. The van der Waals surface area contributed by atoms with Crippen molar-refractivity contribution in [2.24, 2.45) is 5.73 Å². The number of carbonyl (C=O) groups is 1. The van der Waals surface area contributed by atoms with Gasteiger partial charge in [0.25, 0.3) is 5.91 Å². The van der Waals surface area contributed by atoms with Crippen molar-refractivity contribution in [3.8, 4) is 0 Å². The lowest BCUT2D eigenvalue weighted by atomic mass is 9.87. The number of benzene rings is 2. The maximum atomic E-state index is 12.0. The van der Waals surface area contributed by atoms with Gasteiger partial charge in [-0.15, -0.1) is 0 Å². The minimum atomic E-state index is -0.207. The first kappa shape index (κ1) is 11.0. The number of nitrogens with two attached hydrogens (primary N) is 1. The van der Waals surface area contributed by atoms with Crippen LogP contribution in [0, 0.1) is 0 Å². The Bertz CT molecular complexity index is 580. The summed E-state index contributed by atoms with van der Waals surface area (Å²) in [5.41, 5.74) is 8.90. The maximum Gasteiger partial charge on any atom is 0.252 e. The molecule has 0 saturated carbocycles. The third-order valence-corrected chi connectivity index (χ3v) is 3.37. The second-order valence-corrected chi connectivity index (χ2v) is 4.47. The lowest BCUT2D eigenvalue weighted by Crippen LogP contribution is -2.41. The lowest BCUT2D eigenvalue weighted by molar-refractivity contribution is 0.0914. The van der Waals surface area contributed by atoms with Crippen molar-refractivity contribution in [2.45, 2.75) is 12.1 Å². The molecule has 0 bridgehead atoms. The van der Waals surface area contributed by atoms with Gasteiger partial charge in [-0.05, 0) is 17.2 Å². The van der Waals surface area contributed by atoms with Crippen molar-refractivity contribution >= 4 is 5.91 Å². The Hall–Kier alpha value is -2.13. The highest BCUT2D eigenvalue weighted by atomic mass is 16.1. The average molecular weight is 238 g/mol.